The minimum absolute atomic E-state index is 0.211. The van der Waals surface area contributed by atoms with Crippen LogP contribution >= 0.6 is 0 Å². The Bertz CT molecular complexity index is 1450. The summed E-state index contributed by atoms with van der Waals surface area (Å²) in [6.07, 6.45) is 3.60. The van der Waals surface area contributed by atoms with Crippen LogP contribution in [-0.2, 0) is 6.54 Å². The first-order chi connectivity index (χ1) is 15.5. The highest BCUT2D eigenvalue weighted by Crippen LogP contribution is 2.43. The summed E-state index contributed by atoms with van der Waals surface area (Å²) < 4.78 is 26.5. The van der Waals surface area contributed by atoms with Gasteiger partial charge in [-0.3, -0.25) is 5.41 Å². The molecule has 32 heavy (non-hydrogen) atoms. The van der Waals surface area contributed by atoms with Crippen molar-refractivity contribution in [2.45, 2.75) is 12.5 Å². The quantitative estimate of drug-likeness (QED) is 0.397. The maximum Gasteiger partial charge on any atom is 0.343 e. The lowest BCUT2D eigenvalue weighted by atomic mass is 9.79. The van der Waals surface area contributed by atoms with Crippen LogP contribution in [0.3, 0.4) is 0 Å². The Morgan fingerprint density at radius 1 is 1.09 bits per heavy atom. The van der Waals surface area contributed by atoms with Gasteiger partial charge in [-0.1, -0.05) is 24.3 Å². The lowest BCUT2D eigenvalue weighted by Gasteiger charge is -2.29. The number of hydrogen-bond donors (Lipinski definition) is 1. The number of rotatable bonds is 3. The van der Waals surface area contributed by atoms with Crippen molar-refractivity contribution in [2.24, 2.45) is 5.92 Å². The van der Waals surface area contributed by atoms with Crippen LogP contribution in [0.1, 0.15) is 22.6 Å². The van der Waals surface area contributed by atoms with Gasteiger partial charge in [0.1, 0.15) is 17.3 Å². The second-order valence-electron chi connectivity index (χ2n) is 7.61. The summed E-state index contributed by atoms with van der Waals surface area (Å²) in [5.41, 5.74) is 1.49. The van der Waals surface area contributed by atoms with Gasteiger partial charge in [0, 0.05) is 23.6 Å². The zero-order valence-corrected chi connectivity index (χ0v) is 16.8. The Morgan fingerprint density at radius 2 is 1.88 bits per heavy atom. The van der Waals surface area contributed by atoms with E-state index in [0.29, 0.717) is 23.1 Å². The van der Waals surface area contributed by atoms with Gasteiger partial charge < -0.3 is 9.15 Å². The maximum absolute atomic E-state index is 13.5. The van der Waals surface area contributed by atoms with Crippen molar-refractivity contribution >= 4 is 16.9 Å². The number of fused-ring (bicyclic) bond motifs is 3. The molecule has 0 aliphatic carbocycles. The molecule has 3 heterocycles. The number of aromatic nitrogens is 1. The van der Waals surface area contributed by atoms with Crippen molar-refractivity contribution in [3.8, 4) is 11.8 Å². The van der Waals surface area contributed by atoms with E-state index >= 15 is 0 Å². The predicted octanol–water partition coefficient (Wildman–Crippen LogP) is 3.91. The van der Waals surface area contributed by atoms with Crippen LogP contribution in [0.2, 0.25) is 0 Å². The molecule has 0 amide bonds. The van der Waals surface area contributed by atoms with Crippen LogP contribution in [0.5, 0.6) is 5.75 Å². The van der Waals surface area contributed by atoms with Crippen LogP contribution in [-0.4, -0.2) is 5.90 Å². The van der Waals surface area contributed by atoms with Crippen LogP contribution in [0, 0.1) is 28.5 Å². The summed E-state index contributed by atoms with van der Waals surface area (Å²) in [6, 6.07) is 19.0. The molecule has 0 radical (unpaired) electrons. The lowest BCUT2D eigenvalue weighted by molar-refractivity contribution is -0.688. The number of nitriles is 1. The summed E-state index contributed by atoms with van der Waals surface area (Å²) in [5, 5.41) is 18.6. The van der Waals surface area contributed by atoms with E-state index in [1.165, 1.54) is 12.1 Å². The molecule has 4 aromatic rings. The molecule has 1 N–H and O–H groups in total. The van der Waals surface area contributed by atoms with Crippen molar-refractivity contribution in [2.75, 3.05) is 0 Å². The Labute approximate surface area is 182 Å². The van der Waals surface area contributed by atoms with E-state index in [2.05, 4.69) is 6.07 Å². The zero-order valence-electron chi connectivity index (χ0n) is 16.8. The number of halogens is 1. The largest absolute Gasteiger partial charge is 0.441 e. The molecule has 0 fully saturated rings. The van der Waals surface area contributed by atoms with Crippen molar-refractivity contribution in [1.82, 2.24) is 0 Å². The molecule has 2 aromatic heterocycles. The Balaban J connectivity index is 1.59. The highest BCUT2D eigenvalue weighted by atomic mass is 19.1. The van der Waals surface area contributed by atoms with E-state index in [9.17, 15) is 14.4 Å². The van der Waals surface area contributed by atoms with Crippen LogP contribution in [0.15, 0.2) is 82.3 Å². The summed E-state index contributed by atoms with van der Waals surface area (Å²) in [6.45, 7) is 0.465. The molecular formula is C25H17FN3O3+. The number of para-hydroxylation sites is 1. The molecule has 0 bridgehead atoms. The second kappa shape index (κ2) is 7.75. The minimum Gasteiger partial charge on any atom is -0.441 e. The topological polar surface area (TPSA) is 91.0 Å². The van der Waals surface area contributed by atoms with E-state index in [4.69, 9.17) is 14.6 Å². The van der Waals surface area contributed by atoms with Crippen molar-refractivity contribution in [3.63, 3.8) is 0 Å². The summed E-state index contributed by atoms with van der Waals surface area (Å²) >= 11 is 0. The molecule has 2 atom stereocenters. The molecule has 7 heteroatoms. The molecule has 2 unspecified atom stereocenters. The highest BCUT2D eigenvalue weighted by Gasteiger charge is 2.41. The smallest absolute Gasteiger partial charge is 0.343 e. The molecule has 0 saturated heterocycles. The molecule has 5 rings (SSSR count). The first-order valence-electron chi connectivity index (χ1n) is 10.0. The van der Waals surface area contributed by atoms with Crippen LogP contribution in [0.4, 0.5) is 4.39 Å². The van der Waals surface area contributed by atoms with Crippen LogP contribution in [0.25, 0.3) is 11.0 Å². The van der Waals surface area contributed by atoms with Gasteiger partial charge >= 0.3 is 5.63 Å². The van der Waals surface area contributed by atoms with Crippen molar-refractivity contribution in [1.29, 1.82) is 10.7 Å². The molecule has 0 spiro atoms. The average Bonchev–Trinajstić information content (AvgIpc) is 2.79. The van der Waals surface area contributed by atoms with E-state index in [1.807, 2.05) is 10.6 Å². The average molecular weight is 426 g/mol. The summed E-state index contributed by atoms with van der Waals surface area (Å²) in [7, 11) is 0. The number of benzene rings is 2. The van der Waals surface area contributed by atoms with E-state index in [0.717, 1.165) is 5.56 Å². The van der Waals surface area contributed by atoms with Crippen LogP contribution < -0.4 is 14.9 Å². The molecule has 2 aromatic carbocycles. The van der Waals surface area contributed by atoms with E-state index < -0.39 is 17.5 Å². The van der Waals surface area contributed by atoms with Gasteiger partial charge in [-0.05, 0) is 29.8 Å². The third-order valence-corrected chi connectivity index (χ3v) is 5.61. The van der Waals surface area contributed by atoms with Gasteiger partial charge in [-0.15, -0.1) is 0 Å². The van der Waals surface area contributed by atoms with Gasteiger partial charge in [0.2, 0.25) is 5.90 Å². The third-order valence-electron chi connectivity index (χ3n) is 5.61. The predicted molar refractivity (Wildman–Crippen MR) is 114 cm³/mol. The minimum atomic E-state index is -0.967. The molecule has 0 saturated carbocycles. The van der Waals surface area contributed by atoms with Gasteiger partial charge in [0.25, 0.3) is 0 Å². The van der Waals surface area contributed by atoms with Gasteiger partial charge in [0.05, 0.1) is 17.0 Å². The number of hydrogen-bond acceptors (Lipinski definition) is 5. The van der Waals surface area contributed by atoms with Crippen molar-refractivity contribution < 1.29 is 18.1 Å². The molecular weight excluding hydrogens is 409 g/mol. The fourth-order valence-corrected chi connectivity index (χ4v) is 4.13. The second-order valence-corrected chi connectivity index (χ2v) is 7.61. The normalized spacial score (nSPS) is 17.4. The Kier molecular flexibility index (Phi) is 4.75. The monoisotopic (exact) mass is 426 g/mol. The summed E-state index contributed by atoms with van der Waals surface area (Å²) in [4.78, 5) is 12.9. The lowest BCUT2D eigenvalue weighted by Crippen LogP contribution is -2.36. The highest BCUT2D eigenvalue weighted by molar-refractivity contribution is 5.92. The van der Waals surface area contributed by atoms with Gasteiger partial charge in [-0.25, -0.2) is 13.8 Å². The maximum atomic E-state index is 13.5. The van der Waals surface area contributed by atoms with E-state index in [-0.39, 0.29) is 23.0 Å². The Hall–Kier alpha value is -4.31. The molecule has 156 valence electrons. The van der Waals surface area contributed by atoms with E-state index in [1.54, 1.807) is 54.9 Å². The summed E-state index contributed by atoms with van der Waals surface area (Å²) in [5.74, 6) is -1.92. The molecule has 6 nitrogen and oxygen atoms in total. The number of pyridine rings is 1. The fourth-order valence-electron chi connectivity index (χ4n) is 4.13. The third kappa shape index (κ3) is 3.32. The number of nitrogens with zero attached hydrogens (tertiary/aromatic N) is 2. The first-order valence-corrected chi connectivity index (χ1v) is 10.0. The number of ether oxygens (including phenoxy) is 1. The number of nitrogens with one attached hydrogen (secondary N) is 1. The fraction of sp³-hybridized carbons (Fsp3) is 0.120. The van der Waals surface area contributed by atoms with Gasteiger partial charge in [-0.2, -0.15) is 5.26 Å². The van der Waals surface area contributed by atoms with Crippen molar-refractivity contribution in [3.05, 3.63) is 106 Å². The SMILES string of the molecule is N#CC1C(=N)Oc2c(c(=O)oc3ccccc23)C1c1cc[n+](Cc2cccc(F)c2)cc1. The standard InChI is InChI=1S/C25H17FN3O3/c26-17-5-3-4-15(12-17)14-29-10-8-16(9-11-29)21-19(13-27)24(28)32-23-18-6-1-2-7-20(18)31-25(30)22(21)23/h1-12,19,21,28H,14H2/q+1. The molecule has 1 aliphatic heterocycles. The first kappa shape index (κ1) is 19.6. The Morgan fingerprint density at radius 3 is 2.62 bits per heavy atom. The van der Waals surface area contributed by atoms with Gasteiger partial charge in [0.15, 0.2) is 24.7 Å². The zero-order chi connectivity index (χ0) is 22.2. The molecule has 1 aliphatic rings.